The van der Waals surface area contributed by atoms with Crippen molar-refractivity contribution in [3.05, 3.63) is 12.2 Å². The number of hydrogen-bond donors (Lipinski definition) is 1. The van der Waals surface area contributed by atoms with Crippen LogP contribution in [-0.4, -0.2) is 27.4 Å². The molecule has 0 heterocycles. The molecule has 0 aromatic carbocycles. The van der Waals surface area contributed by atoms with E-state index in [1.807, 2.05) is 0 Å². The molecule has 4 heteroatoms. The highest BCUT2D eigenvalue weighted by Gasteiger charge is 2.02. The Kier molecular flexibility index (Phi) is 8.57. The van der Waals surface area contributed by atoms with Gasteiger partial charge in [-0.25, -0.2) is 4.79 Å². The molecule has 0 atom stereocenters. The molecule has 14 heavy (non-hydrogen) atoms. The van der Waals surface area contributed by atoms with Gasteiger partial charge in [-0.1, -0.05) is 19.9 Å². The largest absolute Gasteiger partial charge is 0.478 e. The summed E-state index contributed by atoms with van der Waals surface area (Å²) >= 11 is 0. The van der Waals surface area contributed by atoms with Crippen LogP contribution in [0.15, 0.2) is 12.2 Å². The molecular weight excluding hydrogens is 196 g/mol. The first-order chi connectivity index (χ1) is 6.68. The van der Waals surface area contributed by atoms with E-state index in [-0.39, 0.29) is 0 Å². The molecule has 0 radical (unpaired) electrons. The van der Waals surface area contributed by atoms with Gasteiger partial charge in [0.25, 0.3) is 0 Å². The number of carbonyl (C=O) groups is 1. The molecule has 0 fully saturated rings. The van der Waals surface area contributed by atoms with Crippen molar-refractivity contribution in [3.63, 3.8) is 0 Å². The molecule has 0 bridgehead atoms. The average molecular weight is 216 g/mol. The SMILES string of the molecule is C=C(CCC[SiH2]OCCCC)C(=O)O. The summed E-state index contributed by atoms with van der Waals surface area (Å²) in [4.78, 5) is 10.4. The number of carboxylic acid groups (broad SMARTS) is 1. The Morgan fingerprint density at radius 1 is 1.50 bits per heavy atom. The first-order valence-corrected chi connectivity index (χ1v) is 6.75. The van der Waals surface area contributed by atoms with Crippen molar-refractivity contribution in [2.75, 3.05) is 6.61 Å². The monoisotopic (exact) mass is 216 g/mol. The van der Waals surface area contributed by atoms with Crippen molar-refractivity contribution in [1.82, 2.24) is 0 Å². The molecule has 3 nitrogen and oxygen atoms in total. The van der Waals surface area contributed by atoms with E-state index in [0.29, 0.717) is 12.0 Å². The zero-order chi connectivity index (χ0) is 10.8. The van der Waals surface area contributed by atoms with Gasteiger partial charge < -0.3 is 9.53 Å². The van der Waals surface area contributed by atoms with E-state index in [1.165, 1.54) is 6.42 Å². The van der Waals surface area contributed by atoms with Crippen LogP contribution in [0, 0.1) is 0 Å². The van der Waals surface area contributed by atoms with E-state index in [1.54, 1.807) is 0 Å². The van der Waals surface area contributed by atoms with E-state index in [2.05, 4.69) is 13.5 Å². The summed E-state index contributed by atoms with van der Waals surface area (Å²) in [6, 6.07) is 1.05. The first kappa shape index (κ1) is 13.4. The highest BCUT2D eigenvalue weighted by atomic mass is 28.2. The summed E-state index contributed by atoms with van der Waals surface area (Å²) in [6.07, 6.45) is 3.81. The van der Waals surface area contributed by atoms with E-state index >= 15 is 0 Å². The zero-order valence-corrected chi connectivity index (χ0v) is 10.3. The molecule has 1 N–H and O–H groups in total. The highest BCUT2D eigenvalue weighted by molar-refractivity contribution is 6.26. The maximum absolute atomic E-state index is 10.4. The third-order valence-electron chi connectivity index (χ3n) is 1.96. The van der Waals surface area contributed by atoms with Crippen molar-refractivity contribution in [2.24, 2.45) is 0 Å². The van der Waals surface area contributed by atoms with Crippen LogP contribution in [0.5, 0.6) is 0 Å². The van der Waals surface area contributed by atoms with Crippen LogP contribution in [0.3, 0.4) is 0 Å². The number of unbranched alkanes of at least 4 members (excludes halogenated alkanes) is 1. The molecule has 0 saturated heterocycles. The molecule has 0 aromatic heterocycles. The van der Waals surface area contributed by atoms with Gasteiger partial charge in [-0.05, 0) is 25.3 Å². The maximum Gasteiger partial charge on any atom is 0.330 e. The van der Waals surface area contributed by atoms with Gasteiger partial charge >= 0.3 is 5.97 Å². The van der Waals surface area contributed by atoms with Gasteiger partial charge in [0.05, 0.1) is 0 Å². The van der Waals surface area contributed by atoms with Crippen LogP contribution < -0.4 is 0 Å². The molecule has 82 valence electrons. The second kappa shape index (κ2) is 8.96. The lowest BCUT2D eigenvalue weighted by Crippen LogP contribution is -2.02. The summed E-state index contributed by atoms with van der Waals surface area (Å²) in [5.74, 6) is -0.876. The molecule has 0 aliphatic rings. The van der Waals surface area contributed by atoms with Crippen molar-refractivity contribution < 1.29 is 14.3 Å². The number of carboxylic acids is 1. The normalized spacial score (nSPS) is 10.9. The first-order valence-electron chi connectivity index (χ1n) is 5.17. The Morgan fingerprint density at radius 3 is 2.79 bits per heavy atom. The van der Waals surface area contributed by atoms with Gasteiger partial charge in [0, 0.05) is 12.2 Å². The summed E-state index contributed by atoms with van der Waals surface area (Å²) in [5.41, 5.74) is 0.313. The van der Waals surface area contributed by atoms with E-state index < -0.39 is 15.7 Å². The molecule has 0 spiro atoms. The van der Waals surface area contributed by atoms with Crippen LogP contribution in [-0.2, 0) is 9.22 Å². The van der Waals surface area contributed by atoms with Crippen LogP contribution in [0.25, 0.3) is 0 Å². The van der Waals surface area contributed by atoms with Gasteiger partial charge in [0.15, 0.2) is 9.76 Å². The fourth-order valence-corrected chi connectivity index (χ4v) is 2.06. The lowest BCUT2D eigenvalue weighted by Gasteiger charge is -2.02. The third-order valence-corrected chi connectivity index (χ3v) is 3.33. The van der Waals surface area contributed by atoms with Crippen LogP contribution >= 0.6 is 0 Å². The Hall–Kier alpha value is -0.613. The van der Waals surface area contributed by atoms with Crippen molar-refractivity contribution in [3.8, 4) is 0 Å². The zero-order valence-electron chi connectivity index (χ0n) is 8.92. The number of hydrogen-bond acceptors (Lipinski definition) is 2. The fraction of sp³-hybridized carbons (Fsp3) is 0.700. The summed E-state index contributed by atoms with van der Waals surface area (Å²) in [7, 11) is -0.411. The molecule has 0 aliphatic carbocycles. The maximum atomic E-state index is 10.4. The second-order valence-corrected chi connectivity index (χ2v) is 4.86. The number of rotatable bonds is 9. The predicted molar refractivity (Wildman–Crippen MR) is 60.2 cm³/mol. The summed E-state index contributed by atoms with van der Waals surface area (Å²) in [5, 5.41) is 8.54. The second-order valence-electron chi connectivity index (χ2n) is 3.33. The Morgan fingerprint density at radius 2 is 2.21 bits per heavy atom. The third kappa shape index (κ3) is 8.01. The Labute approximate surface area is 88.1 Å². The predicted octanol–water partition coefficient (Wildman–Crippen LogP) is 1.73. The Balaban J connectivity index is 3.13. The Bertz CT molecular complexity index is 180. The van der Waals surface area contributed by atoms with Crippen molar-refractivity contribution in [1.29, 1.82) is 0 Å². The van der Waals surface area contributed by atoms with Gasteiger partial charge in [-0.3, -0.25) is 0 Å². The van der Waals surface area contributed by atoms with E-state index in [9.17, 15) is 4.79 Å². The molecule has 0 unspecified atom stereocenters. The summed E-state index contributed by atoms with van der Waals surface area (Å²) in [6.45, 7) is 6.49. The molecule has 0 saturated carbocycles. The highest BCUT2D eigenvalue weighted by Crippen LogP contribution is 2.05. The van der Waals surface area contributed by atoms with Gasteiger partial charge in [0.2, 0.25) is 0 Å². The van der Waals surface area contributed by atoms with E-state index in [4.69, 9.17) is 9.53 Å². The summed E-state index contributed by atoms with van der Waals surface area (Å²) < 4.78 is 5.48. The van der Waals surface area contributed by atoms with Crippen molar-refractivity contribution in [2.45, 2.75) is 38.7 Å². The minimum absolute atomic E-state index is 0.313. The van der Waals surface area contributed by atoms with Crippen molar-refractivity contribution >= 4 is 15.7 Å². The standard InChI is InChI=1S/C10H20O3Si/c1-3-4-7-13-14-8-5-6-9(2)10(11)12/h2-8,14H2,1H3,(H,11,12). The van der Waals surface area contributed by atoms with E-state index in [0.717, 1.165) is 25.5 Å². The van der Waals surface area contributed by atoms with Crippen LogP contribution in [0.1, 0.15) is 32.6 Å². The molecule has 0 amide bonds. The minimum atomic E-state index is -0.876. The lowest BCUT2D eigenvalue weighted by atomic mass is 10.2. The van der Waals surface area contributed by atoms with Gasteiger partial charge in [-0.15, -0.1) is 0 Å². The number of aliphatic carboxylic acids is 1. The lowest BCUT2D eigenvalue weighted by molar-refractivity contribution is -0.132. The molecule has 0 rings (SSSR count). The van der Waals surface area contributed by atoms with Crippen LogP contribution in [0.4, 0.5) is 0 Å². The van der Waals surface area contributed by atoms with Crippen LogP contribution in [0.2, 0.25) is 6.04 Å². The topological polar surface area (TPSA) is 46.5 Å². The van der Waals surface area contributed by atoms with Gasteiger partial charge in [-0.2, -0.15) is 0 Å². The quantitative estimate of drug-likeness (QED) is 0.363. The average Bonchev–Trinajstić information content (AvgIpc) is 2.16. The minimum Gasteiger partial charge on any atom is -0.478 e. The molecule has 0 aliphatic heterocycles. The molecule has 0 aromatic rings. The smallest absolute Gasteiger partial charge is 0.330 e. The van der Waals surface area contributed by atoms with Gasteiger partial charge in [0.1, 0.15) is 0 Å². The fourth-order valence-electron chi connectivity index (χ4n) is 0.998. The molecular formula is C10H20O3Si.